The molecule has 4 aromatic rings. The molecule has 0 spiro atoms. The van der Waals surface area contributed by atoms with Gasteiger partial charge in [0, 0.05) is 49.9 Å². The maximum atomic E-state index is 4.73. The van der Waals surface area contributed by atoms with E-state index in [1.54, 1.807) is 12.5 Å². The lowest BCUT2D eigenvalue weighted by Crippen LogP contribution is -2.38. The molecule has 0 saturated carbocycles. The molecule has 8 heteroatoms. The number of hydrogen-bond acceptors (Lipinski definition) is 3. The fraction of sp³-hybridized carbons (Fsp3) is 0.261. The van der Waals surface area contributed by atoms with Crippen LogP contribution in [0.2, 0.25) is 0 Å². The van der Waals surface area contributed by atoms with Gasteiger partial charge in [0.15, 0.2) is 5.96 Å². The number of halogens is 1. The van der Waals surface area contributed by atoms with Gasteiger partial charge in [0.25, 0.3) is 0 Å². The fourth-order valence-electron chi connectivity index (χ4n) is 3.40. The summed E-state index contributed by atoms with van der Waals surface area (Å²) in [5, 5.41) is 8.04. The molecule has 0 bridgehead atoms. The van der Waals surface area contributed by atoms with Crippen LogP contribution in [0.1, 0.15) is 18.9 Å². The lowest BCUT2D eigenvalue weighted by Gasteiger charge is -2.12. The van der Waals surface area contributed by atoms with Gasteiger partial charge in [0.2, 0.25) is 0 Å². The highest BCUT2D eigenvalue weighted by molar-refractivity contribution is 14.0. The number of nitrogens with one attached hydrogen (secondary N) is 2. The van der Waals surface area contributed by atoms with Crippen LogP contribution in [0.4, 0.5) is 0 Å². The number of pyridine rings is 1. The van der Waals surface area contributed by atoms with E-state index in [0.29, 0.717) is 6.54 Å². The second-order valence-corrected chi connectivity index (χ2v) is 7.04. The van der Waals surface area contributed by atoms with E-state index in [1.165, 1.54) is 10.9 Å². The minimum atomic E-state index is 0. The van der Waals surface area contributed by atoms with E-state index in [-0.39, 0.29) is 24.0 Å². The Kier molecular flexibility index (Phi) is 8.45. The first-order chi connectivity index (χ1) is 14.8. The molecule has 0 fully saturated rings. The summed E-state index contributed by atoms with van der Waals surface area (Å²) in [5.41, 5.74) is 2.38. The Balaban J connectivity index is 0.00000272. The third kappa shape index (κ3) is 6.06. The van der Waals surface area contributed by atoms with Crippen LogP contribution in [-0.4, -0.2) is 38.2 Å². The molecule has 3 heterocycles. The van der Waals surface area contributed by atoms with Crippen molar-refractivity contribution in [1.29, 1.82) is 0 Å². The molecule has 2 N–H and O–H groups in total. The van der Waals surface area contributed by atoms with Crippen LogP contribution in [0.5, 0.6) is 0 Å². The number of para-hydroxylation sites is 1. The molecular formula is C23H28IN7. The number of hydrogen-bond donors (Lipinski definition) is 2. The molecular weight excluding hydrogens is 501 g/mol. The van der Waals surface area contributed by atoms with E-state index >= 15 is 0 Å². The van der Waals surface area contributed by atoms with Crippen molar-refractivity contribution in [3.05, 3.63) is 79.1 Å². The minimum Gasteiger partial charge on any atom is -0.357 e. The van der Waals surface area contributed by atoms with Crippen LogP contribution in [0.3, 0.4) is 0 Å². The maximum Gasteiger partial charge on any atom is 0.191 e. The maximum absolute atomic E-state index is 4.73. The third-order valence-corrected chi connectivity index (χ3v) is 4.89. The van der Waals surface area contributed by atoms with Crippen LogP contribution >= 0.6 is 24.0 Å². The highest BCUT2D eigenvalue weighted by atomic mass is 127. The predicted molar refractivity (Wildman–Crippen MR) is 136 cm³/mol. The molecule has 0 amide bonds. The second-order valence-electron chi connectivity index (χ2n) is 7.04. The van der Waals surface area contributed by atoms with Gasteiger partial charge in [0.1, 0.15) is 12.1 Å². The van der Waals surface area contributed by atoms with Crippen molar-refractivity contribution in [3.8, 4) is 5.82 Å². The molecule has 162 valence electrons. The third-order valence-electron chi connectivity index (χ3n) is 4.89. The number of aliphatic imine (C=N–C) groups is 1. The number of guanidine groups is 1. The number of rotatable bonds is 8. The number of nitrogens with zero attached hydrogens (tertiary/aromatic N) is 5. The van der Waals surface area contributed by atoms with Crippen LogP contribution in [0.25, 0.3) is 16.7 Å². The van der Waals surface area contributed by atoms with Gasteiger partial charge < -0.3 is 15.2 Å². The zero-order valence-corrected chi connectivity index (χ0v) is 19.9. The Labute approximate surface area is 199 Å². The van der Waals surface area contributed by atoms with Crippen molar-refractivity contribution < 1.29 is 0 Å². The minimum absolute atomic E-state index is 0. The summed E-state index contributed by atoms with van der Waals surface area (Å²) in [6.07, 6.45) is 10.4. The first kappa shape index (κ1) is 22.8. The van der Waals surface area contributed by atoms with Crippen LogP contribution in [0, 0.1) is 0 Å². The Morgan fingerprint density at radius 1 is 1.06 bits per heavy atom. The van der Waals surface area contributed by atoms with Gasteiger partial charge in [-0.1, -0.05) is 18.2 Å². The highest BCUT2D eigenvalue weighted by Crippen LogP contribution is 2.15. The van der Waals surface area contributed by atoms with E-state index < -0.39 is 0 Å². The lowest BCUT2D eigenvalue weighted by molar-refractivity contribution is 0.641. The monoisotopic (exact) mass is 529 g/mol. The fourth-order valence-corrected chi connectivity index (χ4v) is 3.40. The first-order valence-corrected chi connectivity index (χ1v) is 10.3. The van der Waals surface area contributed by atoms with Gasteiger partial charge in [-0.2, -0.15) is 0 Å². The van der Waals surface area contributed by atoms with Crippen LogP contribution in [0.15, 0.2) is 78.6 Å². The van der Waals surface area contributed by atoms with Gasteiger partial charge in [0.05, 0.1) is 6.54 Å². The molecule has 0 saturated heterocycles. The van der Waals surface area contributed by atoms with Gasteiger partial charge in [-0.15, -0.1) is 24.0 Å². The highest BCUT2D eigenvalue weighted by Gasteiger charge is 2.02. The predicted octanol–water partition coefficient (Wildman–Crippen LogP) is 3.99. The van der Waals surface area contributed by atoms with Gasteiger partial charge in [-0.25, -0.2) is 15.0 Å². The SMILES string of the molecule is CCNC(=NCc1ccnc(-n2ccnc2)c1)NCCCn1ccc2ccccc21.I. The van der Waals surface area contributed by atoms with E-state index in [1.807, 2.05) is 29.1 Å². The van der Waals surface area contributed by atoms with E-state index in [2.05, 4.69) is 68.6 Å². The number of aryl methyl sites for hydroxylation is 1. The summed E-state index contributed by atoms with van der Waals surface area (Å²) in [5.74, 6) is 1.67. The number of imidazole rings is 1. The normalized spacial score (nSPS) is 11.3. The summed E-state index contributed by atoms with van der Waals surface area (Å²) in [6, 6.07) is 14.7. The van der Waals surface area contributed by atoms with Crippen molar-refractivity contribution in [1.82, 2.24) is 29.7 Å². The first-order valence-electron chi connectivity index (χ1n) is 10.3. The van der Waals surface area contributed by atoms with Crippen LogP contribution in [-0.2, 0) is 13.1 Å². The second kappa shape index (κ2) is 11.5. The van der Waals surface area contributed by atoms with Crippen molar-refractivity contribution in [2.24, 2.45) is 4.99 Å². The molecule has 7 nitrogen and oxygen atoms in total. The Hall–Kier alpha value is -2.88. The molecule has 4 rings (SSSR count). The van der Waals surface area contributed by atoms with Crippen molar-refractivity contribution in [3.63, 3.8) is 0 Å². The zero-order valence-electron chi connectivity index (χ0n) is 17.6. The van der Waals surface area contributed by atoms with E-state index in [0.717, 1.165) is 43.4 Å². The zero-order chi connectivity index (χ0) is 20.6. The summed E-state index contributed by atoms with van der Waals surface area (Å²) in [7, 11) is 0. The number of fused-ring (bicyclic) bond motifs is 1. The summed E-state index contributed by atoms with van der Waals surface area (Å²) < 4.78 is 4.19. The van der Waals surface area contributed by atoms with Crippen molar-refractivity contribution >= 4 is 40.8 Å². The Morgan fingerprint density at radius 2 is 1.97 bits per heavy atom. The molecule has 0 aliphatic heterocycles. The quantitative estimate of drug-likeness (QED) is 0.157. The molecule has 0 aliphatic carbocycles. The summed E-state index contributed by atoms with van der Waals surface area (Å²) in [6.45, 7) is 5.31. The molecule has 0 aliphatic rings. The molecule has 1 aromatic carbocycles. The average Bonchev–Trinajstić information content (AvgIpc) is 3.46. The molecule has 3 aromatic heterocycles. The number of benzene rings is 1. The summed E-state index contributed by atoms with van der Waals surface area (Å²) in [4.78, 5) is 13.2. The van der Waals surface area contributed by atoms with Gasteiger partial charge in [-0.3, -0.25) is 4.57 Å². The van der Waals surface area contributed by atoms with Crippen LogP contribution < -0.4 is 10.6 Å². The molecule has 0 unspecified atom stereocenters. The largest absolute Gasteiger partial charge is 0.357 e. The van der Waals surface area contributed by atoms with Crippen molar-refractivity contribution in [2.45, 2.75) is 26.4 Å². The Morgan fingerprint density at radius 3 is 2.81 bits per heavy atom. The van der Waals surface area contributed by atoms with Gasteiger partial charge in [-0.05, 0) is 48.6 Å². The van der Waals surface area contributed by atoms with Crippen molar-refractivity contribution in [2.75, 3.05) is 13.1 Å². The molecule has 31 heavy (non-hydrogen) atoms. The molecule has 0 atom stereocenters. The average molecular weight is 529 g/mol. The topological polar surface area (TPSA) is 72.1 Å². The summed E-state index contributed by atoms with van der Waals surface area (Å²) >= 11 is 0. The smallest absolute Gasteiger partial charge is 0.191 e. The Bertz CT molecular complexity index is 1100. The number of aromatic nitrogens is 4. The lowest BCUT2D eigenvalue weighted by atomic mass is 10.2. The van der Waals surface area contributed by atoms with E-state index in [9.17, 15) is 0 Å². The standard InChI is InChI=1S/C23H27N7.HI/c1-2-25-23(27-10-5-13-29-14-9-20-6-3-4-7-21(20)29)28-17-19-8-11-26-22(16-19)30-15-12-24-18-30;/h3-4,6-9,11-12,14-16,18H,2,5,10,13,17H2,1H3,(H2,25,27,28);1H. The van der Waals surface area contributed by atoms with E-state index in [4.69, 9.17) is 4.99 Å². The molecule has 0 radical (unpaired) electrons. The van der Waals surface area contributed by atoms with Gasteiger partial charge >= 0.3 is 0 Å².